The van der Waals surface area contributed by atoms with Gasteiger partial charge in [0.2, 0.25) is 0 Å². The topological polar surface area (TPSA) is 12.4 Å². The maximum absolute atomic E-state index is 12.6. The first kappa shape index (κ1) is 10.9. The zero-order chi connectivity index (χ0) is 10.2. The Bertz CT molecular complexity index is 280. The largest absolute Gasteiger partial charge is 0.286 e. The van der Waals surface area contributed by atoms with Gasteiger partial charge in [-0.1, -0.05) is 43.7 Å². The summed E-state index contributed by atoms with van der Waals surface area (Å²) in [5.41, 5.74) is 1.46. The molecule has 0 aliphatic rings. The second-order valence-corrected chi connectivity index (χ2v) is 3.18. The summed E-state index contributed by atoms with van der Waals surface area (Å²) < 4.78 is 12.6. The van der Waals surface area contributed by atoms with Crippen LogP contribution in [0.2, 0.25) is 0 Å². The zero-order valence-corrected chi connectivity index (χ0v) is 8.54. The summed E-state index contributed by atoms with van der Waals surface area (Å²) in [4.78, 5) is 4.24. The van der Waals surface area contributed by atoms with Gasteiger partial charge in [0.15, 0.2) is 0 Å². The van der Waals surface area contributed by atoms with Gasteiger partial charge in [0.05, 0.1) is 5.71 Å². The van der Waals surface area contributed by atoms with E-state index in [0.29, 0.717) is 5.71 Å². The molecular weight excluding hydrogens is 177 g/mol. The Morgan fingerprint density at radius 3 is 2.57 bits per heavy atom. The SMILES string of the molecule is CCCCN=C(CF)c1ccccc1. The average Bonchev–Trinajstić information content (AvgIpc) is 2.26. The molecule has 0 aliphatic carbocycles. The van der Waals surface area contributed by atoms with Crippen LogP contribution >= 0.6 is 0 Å². The number of hydrogen-bond acceptors (Lipinski definition) is 1. The molecule has 1 rings (SSSR count). The van der Waals surface area contributed by atoms with Gasteiger partial charge in [-0.05, 0) is 12.0 Å². The van der Waals surface area contributed by atoms with Crippen molar-refractivity contribution in [2.24, 2.45) is 4.99 Å². The van der Waals surface area contributed by atoms with E-state index < -0.39 is 6.67 Å². The molecule has 2 heteroatoms. The molecule has 0 aromatic heterocycles. The second kappa shape index (κ2) is 6.30. The molecule has 0 bridgehead atoms. The highest BCUT2D eigenvalue weighted by atomic mass is 19.1. The lowest BCUT2D eigenvalue weighted by Gasteiger charge is -2.01. The van der Waals surface area contributed by atoms with Crippen LogP contribution in [0.5, 0.6) is 0 Å². The minimum atomic E-state index is -0.478. The van der Waals surface area contributed by atoms with E-state index >= 15 is 0 Å². The molecule has 1 aromatic carbocycles. The zero-order valence-electron chi connectivity index (χ0n) is 8.54. The average molecular weight is 193 g/mol. The minimum Gasteiger partial charge on any atom is -0.286 e. The van der Waals surface area contributed by atoms with Crippen LogP contribution in [-0.2, 0) is 0 Å². The molecule has 0 spiro atoms. The van der Waals surface area contributed by atoms with Gasteiger partial charge in [0.25, 0.3) is 0 Å². The Balaban J connectivity index is 2.67. The number of benzene rings is 1. The first-order valence-electron chi connectivity index (χ1n) is 5.03. The van der Waals surface area contributed by atoms with Crippen molar-refractivity contribution in [3.8, 4) is 0 Å². The quantitative estimate of drug-likeness (QED) is 0.503. The summed E-state index contributed by atoms with van der Waals surface area (Å²) >= 11 is 0. The molecule has 14 heavy (non-hydrogen) atoms. The monoisotopic (exact) mass is 193 g/mol. The summed E-state index contributed by atoms with van der Waals surface area (Å²) in [5.74, 6) is 0. The molecule has 0 heterocycles. The molecule has 0 radical (unpaired) electrons. The Labute approximate surface area is 84.7 Å². The van der Waals surface area contributed by atoms with Gasteiger partial charge >= 0.3 is 0 Å². The first-order valence-corrected chi connectivity index (χ1v) is 5.03. The molecule has 76 valence electrons. The van der Waals surface area contributed by atoms with E-state index in [1.807, 2.05) is 30.3 Å². The molecule has 0 saturated heterocycles. The fraction of sp³-hybridized carbons (Fsp3) is 0.417. The van der Waals surface area contributed by atoms with Crippen molar-refractivity contribution in [1.29, 1.82) is 0 Å². The molecule has 0 fully saturated rings. The molecule has 0 aliphatic heterocycles. The van der Waals surface area contributed by atoms with E-state index in [9.17, 15) is 4.39 Å². The van der Waals surface area contributed by atoms with Crippen LogP contribution in [0.1, 0.15) is 25.3 Å². The van der Waals surface area contributed by atoms with E-state index in [1.54, 1.807) is 0 Å². The van der Waals surface area contributed by atoms with Crippen LogP contribution < -0.4 is 0 Å². The molecule has 0 amide bonds. The third kappa shape index (κ3) is 3.29. The van der Waals surface area contributed by atoms with Crippen LogP contribution in [0.4, 0.5) is 4.39 Å². The number of unbranched alkanes of at least 4 members (excludes halogenated alkanes) is 1. The van der Waals surface area contributed by atoms with Crippen molar-refractivity contribution in [3.63, 3.8) is 0 Å². The van der Waals surface area contributed by atoms with Crippen LogP contribution in [0.15, 0.2) is 35.3 Å². The number of hydrogen-bond donors (Lipinski definition) is 0. The van der Waals surface area contributed by atoms with E-state index in [1.165, 1.54) is 0 Å². The normalized spacial score (nSPS) is 11.7. The van der Waals surface area contributed by atoms with Crippen LogP contribution in [0.25, 0.3) is 0 Å². The predicted molar refractivity (Wildman–Crippen MR) is 58.7 cm³/mol. The van der Waals surface area contributed by atoms with Crippen molar-refractivity contribution in [2.75, 3.05) is 13.2 Å². The van der Waals surface area contributed by atoms with Gasteiger partial charge in [-0.3, -0.25) is 4.99 Å². The van der Waals surface area contributed by atoms with Gasteiger partial charge < -0.3 is 0 Å². The number of nitrogens with zero attached hydrogens (tertiary/aromatic N) is 1. The molecule has 0 atom stereocenters. The summed E-state index contributed by atoms with van der Waals surface area (Å²) in [7, 11) is 0. The van der Waals surface area contributed by atoms with Crippen LogP contribution in [0.3, 0.4) is 0 Å². The lowest BCUT2D eigenvalue weighted by atomic mass is 10.1. The van der Waals surface area contributed by atoms with Crippen molar-refractivity contribution >= 4 is 5.71 Å². The highest BCUT2D eigenvalue weighted by Gasteiger charge is 2.00. The standard InChI is InChI=1S/C12H16FN/c1-2-3-9-14-12(10-13)11-7-5-4-6-8-11/h4-8H,2-3,9-10H2,1H3. The van der Waals surface area contributed by atoms with E-state index in [4.69, 9.17) is 0 Å². The van der Waals surface area contributed by atoms with Gasteiger partial charge in [-0.2, -0.15) is 0 Å². The van der Waals surface area contributed by atoms with Crippen LogP contribution in [0, 0.1) is 0 Å². The molecule has 0 saturated carbocycles. The third-order valence-corrected chi connectivity index (χ3v) is 2.05. The second-order valence-electron chi connectivity index (χ2n) is 3.18. The predicted octanol–water partition coefficient (Wildman–Crippen LogP) is 3.25. The van der Waals surface area contributed by atoms with E-state index in [2.05, 4.69) is 11.9 Å². The van der Waals surface area contributed by atoms with Crippen molar-refractivity contribution in [3.05, 3.63) is 35.9 Å². The Kier molecular flexibility index (Phi) is 4.90. The van der Waals surface area contributed by atoms with Gasteiger partial charge in [-0.25, -0.2) is 4.39 Å². The van der Waals surface area contributed by atoms with Gasteiger partial charge in [-0.15, -0.1) is 0 Å². The summed E-state index contributed by atoms with van der Waals surface area (Å²) in [5, 5.41) is 0. The number of halogens is 1. The van der Waals surface area contributed by atoms with Gasteiger partial charge in [0.1, 0.15) is 6.67 Å². The summed E-state index contributed by atoms with van der Waals surface area (Å²) in [6.07, 6.45) is 2.12. The molecule has 1 aromatic rings. The highest BCUT2D eigenvalue weighted by molar-refractivity contribution is 6.01. The van der Waals surface area contributed by atoms with E-state index in [0.717, 1.165) is 24.9 Å². The Morgan fingerprint density at radius 2 is 2.00 bits per heavy atom. The minimum absolute atomic E-state index is 0.478. The first-order chi connectivity index (χ1) is 6.88. The smallest absolute Gasteiger partial charge is 0.132 e. The molecule has 1 nitrogen and oxygen atoms in total. The fourth-order valence-electron chi connectivity index (χ4n) is 1.21. The molecular formula is C12H16FN. The van der Waals surface area contributed by atoms with Crippen LogP contribution in [-0.4, -0.2) is 18.9 Å². The summed E-state index contributed by atoms with van der Waals surface area (Å²) in [6, 6.07) is 9.51. The number of aliphatic imine (C=N–C) groups is 1. The number of rotatable bonds is 5. The molecule has 0 unspecified atom stereocenters. The van der Waals surface area contributed by atoms with Gasteiger partial charge in [0, 0.05) is 6.54 Å². The third-order valence-electron chi connectivity index (χ3n) is 2.05. The Hall–Kier alpha value is -1.18. The molecule has 0 N–H and O–H groups in total. The van der Waals surface area contributed by atoms with Crippen molar-refractivity contribution < 1.29 is 4.39 Å². The van der Waals surface area contributed by atoms with Crippen molar-refractivity contribution in [2.45, 2.75) is 19.8 Å². The number of alkyl halides is 1. The highest BCUT2D eigenvalue weighted by Crippen LogP contribution is 2.02. The lowest BCUT2D eigenvalue weighted by molar-refractivity contribution is 0.580. The fourth-order valence-corrected chi connectivity index (χ4v) is 1.21. The Morgan fingerprint density at radius 1 is 1.29 bits per heavy atom. The van der Waals surface area contributed by atoms with E-state index in [-0.39, 0.29) is 0 Å². The maximum atomic E-state index is 12.6. The maximum Gasteiger partial charge on any atom is 0.132 e. The van der Waals surface area contributed by atoms with Crippen molar-refractivity contribution in [1.82, 2.24) is 0 Å². The summed E-state index contributed by atoms with van der Waals surface area (Å²) in [6.45, 7) is 2.35. The lowest BCUT2D eigenvalue weighted by Crippen LogP contribution is -2.04.